The van der Waals surface area contributed by atoms with Crippen molar-refractivity contribution in [3.05, 3.63) is 18.2 Å². The van der Waals surface area contributed by atoms with Gasteiger partial charge in [-0.2, -0.15) is 0 Å². The molecule has 7 nitrogen and oxygen atoms in total. The maximum absolute atomic E-state index is 12.1. The van der Waals surface area contributed by atoms with Gasteiger partial charge in [-0.1, -0.05) is 13.3 Å². The van der Waals surface area contributed by atoms with Gasteiger partial charge in [-0.15, -0.1) is 0 Å². The Kier molecular flexibility index (Phi) is 6.30. The molecule has 1 aromatic rings. The standard InChI is InChI=1S/C16H24N2O5S/c1-3-4-8-17-16(19)7-9-18(24(2,20)21)13-5-6-14-15(12-13)23-11-10-22-14/h5-6,12H,3-4,7-11H2,1-2H3,(H,17,19). The summed E-state index contributed by atoms with van der Waals surface area (Å²) < 4.78 is 36.3. The molecule has 1 heterocycles. The third kappa shape index (κ3) is 5.02. The molecule has 1 amide bonds. The number of hydrogen-bond acceptors (Lipinski definition) is 5. The third-order valence-electron chi connectivity index (χ3n) is 3.61. The van der Waals surface area contributed by atoms with E-state index in [4.69, 9.17) is 9.47 Å². The van der Waals surface area contributed by atoms with Crippen LogP contribution in [0.15, 0.2) is 18.2 Å². The molecule has 1 aliphatic heterocycles. The van der Waals surface area contributed by atoms with Crippen LogP contribution in [0.25, 0.3) is 0 Å². The van der Waals surface area contributed by atoms with E-state index in [0.717, 1.165) is 19.1 Å². The normalized spacial score (nSPS) is 13.4. The van der Waals surface area contributed by atoms with Crippen molar-refractivity contribution < 1.29 is 22.7 Å². The highest BCUT2D eigenvalue weighted by Gasteiger charge is 2.21. The molecule has 0 atom stereocenters. The number of hydrogen-bond donors (Lipinski definition) is 1. The van der Waals surface area contributed by atoms with E-state index >= 15 is 0 Å². The number of unbranched alkanes of at least 4 members (excludes halogenated alkanes) is 1. The summed E-state index contributed by atoms with van der Waals surface area (Å²) in [5.74, 6) is 0.949. The van der Waals surface area contributed by atoms with E-state index in [2.05, 4.69) is 5.32 Å². The van der Waals surface area contributed by atoms with Crippen molar-refractivity contribution in [1.29, 1.82) is 0 Å². The fourth-order valence-electron chi connectivity index (χ4n) is 2.37. The number of ether oxygens (including phenoxy) is 2. The number of carbonyl (C=O) groups excluding carboxylic acids is 1. The van der Waals surface area contributed by atoms with Crippen LogP contribution in [-0.4, -0.2) is 46.9 Å². The maximum Gasteiger partial charge on any atom is 0.232 e. The Balaban J connectivity index is 2.08. The second-order valence-electron chi connectivity index (χ2n) is 5.62. The summed E-state index contributed by atoms with van der Waals surface area (Å²) in [6.07, 6.45) is 3.13. The molecule has 2 rings (SSSR count). The number of carbonyl (C=O) groups is 1. The molecular weight excluding hydrogens is 332 g/mol. The van der Waals surface area contributed by atoms with Crippen LogP contribution in [0.2, 0.25) is 0 Å². The highest BCUT2D eigenvalue weighted by atomic mass is 32.2. The van der Waals surface area contributed by atoms with Gasteiger partial charge in [-0.05, 0) is 18.6 Å². The van der Waals surface area contributed by atoms with Gasteiger partial charge in [0.1, 0.15) is 13.2 Å². The van der Waals surface area contributed by atoms with Crippen molar-refractivity contribution in [3.63, 3.8) is 0 Å². The summed E-state index contributed by atoms with van der Waals surface area (Å²) >= 11 is 0. The molecule has 134 valence electrons. The number of nitrogens with zero attached hydrogens (tertiary/aromatic N) is 1. The topological polar surface area (TPSA) is 84.9 Å². The Morgan fingerprint density at radius 2 is 1.96 bits per heavy atom. The van der Waals surface area contributed by atoms with E-state index in [1.807, 2.05) is 6.92 Å². The van der Waals surface area contributed by atoms with Crippen LogP contribution in [0.4, 0.5) is 5.69 Å². The summed E-state index contributed by atoms with van der Waals surface area (Å²) in [7, 11) is -3.51. The summed E-state index contributed by atoms with van der Waals surface area (Å²) in [5, 5.41) is 2.79. The van der Waals surface area contributed by atoms with E-state index < -0.39 is 10.0 Å². The van der Waals surface area contributed by atoms with Gasteiger partial charge in [0, 0.05) is 25.6 Å². The van der Waals surface area contributed by atoms with Crippen LogP contribution in [-0.2, 0) is 14.8 Å². The molecule has 1 aliphatic rings. The van der Waals surface area contributed by atoms with Gasteiger partial charge in [0.05, 0.1) is 11.9 Å². The smallest absolute Gasteiger partial charge is 0.232 e. The summed E-state index contributed by atoms with van der Waals surface area (Å²) in [6, 6.07) is 4.97. The molecule has 0 radical (unpaired) electrons. The minimum absolute atomic E-state index is 0.0798. The second kappa shape index (κ2) is 8.23. The third-order valence-corrected chi connectivity index (χ3v) is 4.80. The van der Waals surface area contributed by atoms with Gasteiger partial charge in [-0.25, -0.2) is 8.42 Å². The van der Waals surface area contributed by atoms with Gasteiger partial charge in [-0.3, -0.25) is 9.10 Å². The van der Waals surface area contributed by atoms with Gasteiger partial charge < -0.3 is 14.8 Å². The average molecular weight is 356 g/mol. The SMILES string of the molecule is CCCCNC(=O)CCN(c1ccc2c(c1)OCCO2)S(C)(=O)=O. The van der Waals surface area contributed by atoms with Gasteiger partial charge >= 0.3 is 0 Å². The molecule has 1 aromatic carbocycles. The Hall–Kier alpha value is -1.96. The molecule has 0 fully saturated rings. The summed E-state index contributed by atoms with van der Waals surface area (Å²) in [4.78, 5) is 11.8. The van der Waals surface area contributed by atoms with Crippen LogP contribution in [0.1, 0.15) is 26.2 Å². The molecule has 8 heteroatoms. The molecule has 0 saturated heterocycles. The van der Waals surface area contributed by atoms with Gasteiger partial charge in [0.2, 0.25) is 15.9 Å². The van der Waals surface area contributed by atoms with E-state index in [1.165, 1.54) is 4.31 Å². The van der Waals surface area contributed by atoms with Crippen LogP contribution in [0.5, 0.6) is 11.5 Å². The molecule has 1 N–H and O–H groups in total. The molecule has 0 aliphatic carbocycles. The molecule has 0 aromatic heterocycles. The molecule has 0 unspecified atom stereocenters. The minimum atomic E-state index is -3.51. The highest BCUT2D eigenvalue weighted by Crippen LogP contribution is 2.34. The van der Waals surface area contributed by atoms with Crippen molar-refractivity contribution in [2.45, 2.75) is 26.2 Å². The quantitative estimate of drug-likeness (QED) is 0.714. The molecule has 0 spiro atoms. The number of amides is 1. The van der Waals surface area contributed by atoms with E-state index in [1.54, 1.807) is 18.2 Å². The van der Waals surface area contributed by atoms with Crippen LogP contribution >= 0.6 is 0 Å². The zero-order valence-corrected chi connectivity index (χ0v) is 14.9. The fraction of sp³-hybridized carbons (Fsp3) is 0.562. The monoisotopic (exact) mass is 356 g/mol. The Morgan fingerprint density at radius 3 is 2.62 bits per heavy atom. The lowest BCUT2D eigenvalue weighted by Crippen LogP contribution is -2.35. The fourth-order valence-corrected chi connectivity index (χ4v) is 3.29. The lowest BCUT2D eigenvalue weighted by Gasteiger charge is -2.25. The first kappa shape index (κ1) is 18.4. The van der Waals surface area contributed by atoms with E-state index in [9.17, 15) is 13.2 Å². The Morgan fingerprint density at radius 1 is 1.25 bits per heavy atom. The zero-order valence-electron chi connectivity index (χ0n) is 14.1. The number of benzene rings is 1. The molecule has 24 heavy (non-hydrogen) atoms. The van der Waals surface area contributed by atoms with E-state index in [-0.39, 0.29) is 18.9 Å². The molecule has 0 bridgehead atoms. The highest BCUT2D eigenvalue weighted by molar-refractivity contribution is 7.92. The Labute approximate surface area is 143 Å². The lowest BCUT2D eigenvalue weighted by molar-refractivity contribution is -0.120. The van der Waals surface area contributed by atoms with Crippen LogP contribution in [0.3, 0.4) is 0 Å². The molecule has 0 saturated carbocycles. The van der Waals surface area contributed by atoms with Crippen molar-refractivity contribution in [1.82, 2.24) is 5.32 Å². The molecular formula is C16H24N2O5S. The first-order valence-electron chi connectivity index (χ1n) is 8.06. The summed E-state index contributed by atoms with van der Waals surface area (Å²) in [6.45, 7) is 3.63. The average Bonchev–Trinajstić information content (AvgIpc) is 2.54. The predicted octanol–water partition coefficient (Wildman–Crippen LogP) is 1.53. The largest absolute Gasteiger partial charge is 0.486 e. The van der Waals surface area contributed by atoms with Crippen molar-refractivity contribution in [3.8, 4) is 11.5 Å². The minimum Gasteiger partial charge on any atom is -0.486 e. The van der Waals surface area contributed by atoms with Crippen molar-refractivity contribution >= 4 is 21.6 Å². The number of nitrogens with one attached hydrogen (secondary N) is 1. The van der Waals surface area contributed by atoms with Crippen LogP contribution in [0, 0.1) is 0 Å². The number of sulfonamides is 1. The first-order valence-corrected chi connectivity index (χ1v) is 9.90. The van der Waals surface area contributed by atoms with Gasteiger partial charge in [0.15, 0.2) is 11.5 Å². The first-order chi connectivity index (χ1) is 11.4. The Bertz CT molecular complexity index is 675. The number of fused-ring (bicyclic) bond motifs is 1. The lowest BCUT2D eigenvalue weighted by atomic mass is 10.2. The maximum atomic E-state index is 12.1. The van der Waals surface area contributed by atoms with Crippen molar-refractivity contribution in [2.24, 2.45) is 0 Å². The number of anilines is 1. The summed E-state index contributed by atoms with van der Waals surface area (Å²) in [5.41, 5.74) is 0.461. The van der Waals surface area contributed by atoms with Crippen molar-refractivity contribution in [2.75, 3.05) is 36.9 Å². The zero-order chi connectivity index (χ0) is 17.6. The van der Waals surface area contributed by atoms with Crippen LogP contribution < -0.4 is 19.1 Å². The second-order valence-corrected chi connectivity index (χ2v) is 7.52. The predicted molar refractivity (Wildman–Crippen MR) is 92.2 cm³/mol. The van der Waals surface area contributed by atoms with E-state index in [0.29, 0.717) is 36.9 Å². The van der Waals surface area contributed by atoms with Gasteiger partial charge in [0.25, 0.3) is 0 Å². The number of rotatable bonds is 8.